The lowest BCUT2D eigenvalue weighted by atomic mass is 10.1. The Labute approximate surface area is 158 Å². The lowest BCUT2D eigenvalue weighted by Gasteiger charge is -2.14. The number of nitrogens with zero attached hydrogens (tertiary/aromatic N) is 1. The van der Waals surface area contributed by atoms with E-state index in [1.54, 1.807) is 32.0 Å². The number of carbonyl (C=O) groups excluding carboxylic acids is 1. The van der Waals surface area contributed by atoms with Crippen LogP contribution in [-0.4, -0.2) is 42.8 Å². The van der Waals surface area contributed by atoms with Gasteiger partial charge in [-0.15, -0.1) is 0 Å². The first-order chi connectivity index (χ1) is 11.8. The third-order valence-corrected chi connectivity index (χ3v) is 3.46. The van der Waals surface area contributed by atoms with Gasteiger partial charge in [-0.25, -0.2) is 0 Å². The van der Waals surface area contributed by atoms with Gasteiger partial charge in [0, 0.05) is 23.1 Å². The molecule has 0 amide bonds. The Morgan fingerprint density at radius 2 is 1.88 bits per heavy atom. The lowest BCUT2D eigenvalue weighted by molar-refractivity contribution is -0.147. The number of benzene rings is 1. The highest BCUT2D eigenvalue weighted by atomic mass is 35.5. The molecular formula is C17H25Cl2N3O3. The first-order valence-electron chi connectivity index (χ1n) is 8.17. The molecule has 1 aromatic rings. The van der Waals surface area contributed by atoms with E-state index in [1.165, 1.54) is 0 Å². The topological polar surface area (TPSA) is 83.0 Å². The lowest BCUT2D eigenvalue weighted by Crippen LogP contribution is -2.38. The van der Waals surface area contributed by atoms with Crippen LogP contribution < -0.4 is 10.6 Å². The van der Waals surface area contributed by atoms with Gasteiger partial charge in [0.2, 0.25) is 0 Å². The number of aliphatic hydroxyl groups is 1. The van der Waals surface area contributed by atoms with Crippen molar-refractivity contribution < 1.29 is 14.6 Å². The number of aliphatic imine (C=N–C) groups is 1. The average molecular weight is 390 g/mol. The summed E-state index contributed by atoms with van der Waals surface area (Å²) < 4.78 is 5.07. The van der Waals surface area contributed by atoms with Gasteiger partial charge in [-0.05, 0) is 44.5 Å². The second-order valence-corrected chi connectivity index (χ2v) is 6.53. The van der Waals surface area contributed by atoms with Crippen LogP contribution in [0.15, 0.2) is 23.2 Å². The summed E-state index contributed by atoms with van der Waals surface area (Å²) >= 11 is 11.9. The highest BCUT2D eigenvalue weighted by Crippen LogP contribution is 2.23. The fourth-order valence-corrected chi connectivity index (χ4v) is 2.54. The van der Waals surface area contributed by atoms with Crippen molar-refractivity contribution in [3.05, 3.63) is 33.8 Å². The standard InChI is InChI=1S/C17H25Cl2N3O3/c1-4-20-17(21-6-5-16(24)25-11(2)3)22-10-15(23)12-7-13(18)9-14(19)8-12/h7-9,11,15,23H,4-6,10H2,1-3H3,(H2,20,21,22). The van der Waals surface area contributed by atoms with Crippen LogP contribution >= 0.6 is 23.2 Å². The molecule has 6 nitrogen and oxygen atoms in total. The molecule has 0 aliphatic heterocycles. The molecule has 0 radical (unpaired) electrons. The largest absolute Gasteiger partial charge is 0.463 e. The summed E-state index contributed by atoms with van der Waals surface area (Å²) in [4.78, 5) is 15.8. The number of hydrogen-bond acceptors (Lipinski definition) is 4. The van der Waals surface area contributed by atoms with E-state index in [0.717, 1.165) is 0 Å². The number of nitrogens with one attached hydrogen (secondary N) is 2. The fourth-order valence-electron chi connectivity index (χ4n) is 2.00. The van der Waals surface area contributed by atoms with Crippen molar-refractivity contribution in [1.29, 1.82) is 0 Å². The van der Waals surface area contributed by atoms with Crippen LogP contribution in [0.4, 0.5) is 0 Å². The van der Waals surface area contributed by atoms with Gasteiger partial charge in [-0.3, -0.25) is 9.79 Å². The monoisotopic (exact) mass is 389 g/mol. The first-order valence-corrected chi connectivity index (χ1v) is 8.93. The third kappa shape index (κ3) is 8.95. The summed E-state index contributed by atoms with van der Waals surface area (Å²) in [5.74, 6) is 0.235. The zero-order valence-corrected chi connectivity index (χ0v) is 16.2. The molecule has 0 aliphatic rings. The number of guanidine groups is 1. The quantitative estimate of drug-likeness (QED) is 0.361. The highest BCUT2D eigenvalue weighted by Gasteiger charge is 2.10. The van der Waals surface area contributed by atoms with E-state index in [-0.39, 0.29) is 25.0 Å². The molecule has 1 aromatic carbocycles. The summed E-state index contributed by atoms with van der Waals surface area (Å²) in [6.07, 6.45) is -0.735. The predicted octanol–water partition coefficient (Wildman–Crippen LogP) is 2.92. The zero-order valence-electron chi connectivity index (χ0n) is 14.7. The van der Waals surface area contributed by atoms with Gasteiger partial charge in [-0.2, -0.15) is 0 Å². The second-order valence-electron chi connectivity index (χ2n) is 5.65. The molecule has 1 rings (SSSR count). The Balaban J connectivity index is 2.57. The third-order valence-electron chi connectivity index (χ3n) is 3.02. The highest BCUT2D eigenvalue weighted by molar-refractivity contribution is 6.34. The summed E-state index contributed by atoms with van der Waals surface area (Å²) in [7, 11) is 0. The van der Waals surface area contributed by atoms with Gasteiger partial charge in [0.25, 0.3) is 0 Å². The molecule has 0 spiro atoms. The van der Waals surface area contributed by atoms with E-state index in [4.69, 9.17) is 27.9 Å². The maximum Gasteiger partial charge on any atom is 0.307 e. The maximum atomic E-state index is 11.5. The van der Waals surface area contributed by atoms with Gasteiger partial charge in [0.15, 0.2) is 5.96 Å². The van der Waals surface area contributed by atoms with Crippen molar-refractivity contribution in [2.45, 2.75) is 39.4 Å². The molecule has 1 unspecified atom stereocenters. The van der Waals surface area contributed by atoms with Crippen LogP contribution in [0.2, 0.25) is 10.0 Å². The van der Waals surface area contributed by atoms with Crippen molar-refractivity contribution in [3.63, 3.8) is 0 Å². The van der Waals surface area contributed by atoms with Crippen LogP contribution in [0.5, 0.6) is 0 Å². The fraction of sp³-hybridized carbons (Fsp3) is 0.529. The van der Waals surface area contributed by atoms with E-state index in [1.807, 2.05) is 6.92 Å². The minimum atomic E-state index is -0.836. The molecule has 1 atom stereocenters. The second kappa shape index (κ2) is 11.2. The molecular weight excluding hydrogens is 365 g/mol. The molecule has 0 bridgehead atoms. The van der Waals surface area contributed by atoms with Crippen molar-refractivity contribution in [1.82, 2.24) is 10.6 Å². The summed E-state index contributed by atoms with van der Waals surface area (Å²) in [6, 6.07) is 4.90. The number of hydrogen-bond donors (Lipinski definition) is 3. The number of ether oxygens (including phenoxy) is 1. The van der Waals surface area contributed by atoms with Crippen LogP contribution in [-0.2, 0) is 9.53 Å². The smallest absolute Gasteiger partial charge is 0.307 e. The normalized spacial score (nSPS) is 12.8. The first kappa shape index (κ1) is 21.5. The van der Waals surface area contributed by atoms with Crippen LogP contribution in [0, 0.1) is 0 Å². The van der Waals surface area contributed by atoms with E-state index < -0.39 is 6.10 Å². The van der Waals surface area contributed by atoms with E-state index >= 15 is 0 Å². The molecule has 3 N–H and O–H groups in total. The number of halogens is 2. The van der Waals surface area contributed by atoms with Gasteiger partial charge in [-0.1, -0.05) is 23.2 Å². The molecule has 8 heteroatoms. The minimum absolute atomic E-state index is 0.127. The number of esters is 1. The summed E-state index contributed by atoms with van der Waals surface area (Å²) in [6.45, 7) is 6.71. The Hall–Kier alpha value is -1.50. The van der Waals surface area contributed by atoms with Gasteiger partial charge >= 0.3 is 5.97 Å². The number of aliphatic hydroxyl groups excluding tert-OH is 1. The molecule has 25 heavy (non-hydrogen) atoms. The van der Waals surface area contributed by atoms with E-state index in [0.29, 0.717) is 34.7 Å². The van der Waals surface area contributed by atoms with Crippen molar-refractivity contribution in [2.24, 2.45) is 4.99 Å². The Kier molecular flexibility index (Phi) is 9.63. The minimum Gasteiger partial charge on any atom is -0.463 e. The Bertz CT molecular complexity index is 574. The van der Waals surface area contributed by atoms with Crippen molar-refractivity contribution in [2.75, 3.05) is 19.6 Å². The van der Waals surface area contributed by atoms with Gasteiger partial charge in [0.05, 0.1) is 25.2 Å². The van der Waals surface area contributed by atoms with Gasteiger partial charge < -0.3 is 20.5 Å². The molecule has 0 aliphatic carbocycles. The summed E-state index contributed by atoms with van der Waals surface area (Å²) in [5, 5.41) is 17.2. The predicted molar refractivity (Wildman–Crippen MR) is 101 cm³/mol. The molecule has 140 valence electrons. The molecule has 0 saturated heterocycles. The van der Waals surface area contributed by atoms with Gasteiger partial charge in [0.1, 0.15) is 0 Å². The Morgan fingerprint density at radius 1 is 1.24 bits per heavy atom. The van der Waals surface area contributed by atoms with Crippen LogP contribution in [0.3, 0.4) is 0 Å². The zero-order chi connectivity index (χ0) is 18.8. The van der Waals surface area contributed by atoms with Crippen LogP contribution in [0.1, 0.15) is 38.9 Å². The van der Waals surface area contributed by atoms with E-state index in [9.17, 15) is 9.90 Å². The number of rotatable bonds is 8. The average Bonchev–Trinajstić information content (AvgIpc) is 2.50. The van der Waals surface area contributed by atoms with Crippen molar-refractivity contribution >= 4 is 35.1 Å². The van der Waals surface area contributed by atoms with E-state index in [2.05, 4.69) is 15.6 Å². The molecule has 0 aromatic heterocycles. The SMILES string of the molecule is CCNC(=NCC(O)c1cc(Cl)cc(Cl)c1)NCCC(=O)OC(C)C. The Morgan fingerprint density at radius 3 is 2.44 bits per heavy atom. The molecule has 0 heterocycles. The molecule has 0 fully saturated rings. The summed E-state index contributed by atoms with van der Waals surface area (Å²) in [5.41, 5.74) is 0.595. The molecule has 0 saturated carbocycles. The number of carbonyl (C=O) groups is 1. The van der Waals surface area contributed by atoms with Crippen molar-refractivity contribution in [3.8, 4) is 0 Å². The maximum absolute atomic E-state index is 11.5. The van der Waals surface area contributed by atoms with Crippen LogP contribution in [0.25, 0.3) is 0 Å².